The molecule has 0 saturated heterocycles. The van der Waals surface area contributed by atoms with E-state index in [2.05, 4.69) is 9.88 Å². The summed E-state index contributed by atoms with van der Waals surface area (Å²) in [4.78, 5) is 0. The fourth-order valence-corrected chi connectivity index (χ4v) is 2.31. The van der Waals surface area contributed by atoms with Gasteiger partial charge in [-0.05, 0) is 12.8 Å². The van der Waals surface area contributed by atoms with Crippen LogP contribution in [0.3, 0.4) is 0 Å². The molecule has 0 atom stereocenters. The zero-order valence-corrected chi connectivity index (χ0v) is 10.9. The Kier molecular flexibility index (Phi) is 5.17. The van der Waals surface area contributed by atoms with Crippen molar-refractivity contribution in [3.05, 3.63) is 0 Å². The average molecular weight is 252 g/mol. The Bertz CT molecular complexity index is 346. The lowest BCUT2D eigenvalue weighted by atomic mass is 9.93. The van der Waals surface area contributed by atoms with Crippen molar-refractivity contribution in [3.63, 3.8) is 0 Å². The zero-order chi connectivity index (χ0) is 13.0. The molecule has 0 radical (unpaired) electrons. The van der Waals surface area contributed by atoms with Crippen molar-refractivity contribution in [2.24, 2.45) is 10.9 Å². The third-order valence-corrected chi connectivity index (χ3v) is 4.22. The van der Waals surface area contributed by atoms with Crippen molar-refractivity contribution in [1.29, 1.82) is 0 Å². The van der Waals surface area contributed by atoms with Gasteiger partial charge in [-0.2, -0.15) is 17.4 Å². The van der Waals surface area contributed by atoms with Crippen molar-refractivity contribution in [2.75, 3.05) is 14.1 Å². The van der Waals surface area contributed by atoms with Crippen LogP contribution in [0.25, 0.3) is 0 Å². The number of nitrogens with one attached hydrogen (secondary N) is 1. The number of amidine groups is 1. The van der Waals surface area contributed by atoms with Crippen LogP contribution < -0.4 is 10.5 Å². The van der Waals surface area contributed by atoms with Crippen molar-refractivity contribution in [1.82, 2.24) is 9.03 Å². The lowest BCUT2D eigenvalue weighted by Gasteiger charge is -2.32. The molecule has 0 bridgehead atoms. The van der Waals surface area contributed by atoms with Gasteiger partial charge in [0.15, 0.2) is 5.84 Å². The molecule has 0 aromatic carbocycles. The maximum atomic E-state index is 11.7. The van der Waals surface area contributed by atoms with Crippen LogP contribution in [0, 0.1) is 0 Å². The lowest BCUT2D eigenvalue weighted by molar-refractivity contribution is 0.307. The van der Waals surface area contributed by atoms with E-state index >= 15 is 0 Å². The van der Waals surface area contributed by atoms with Gasteiger partial charge in [0.25, 0.3) is 10.2 Å². The summed E-state index contributed by atoms with van der Waals surface area (Å²) in [5.74, 6) is -0.136. The second-order valence-electron chi connectivity index (χ2n) is 3.66. The molecule has 0 rings (SSSR count). The first-order valence-electron chi connectivity index (χ1n) is 4.95. The highest BCUT2D eigenvalue weighted by atomic mass is 32.2. The number of oxime groups is 1. The molecule has 0 fully saturated rings. The molecule has 7 nitrogen and oxygen atoms in total. The molecule has 0 spiro atoms. The van der Waals surface area contributed by atoms with Crippen LogP contribution in [-0.4, -0.2) is 43.4 Å². The van der Waals surface area contributed by atoms with Crippen LogP contribution >= 0.6 is 0 Å². The van der Waals surface area contributed by atoms with Crippen molar-refractivity contribution >= 4 is 16.0 Å². The Labute approximate surface area is 96.5 Å². The van der Waals surface area contributed by atoms with E-state index in [0.717, 1.165) is 4.31 Å². The number of rotatable bonds is 6. The molecule has 4 N–H and O–H groups in total. The van der Waals surface area contributed by atoms with Crippen LogP contribution in [0.5, 0.6) is 0 Å². The molecular formula is C8H20N4O3S. The smallest absolute Gasteiger partial charge is 0.279 e. The van der Waals surface area contributed by atoms with Gasteiger partial charge in [0.2, 0.25) is 0 Å². The number of nitrogens with two attached hydrogens (primary N) is 1. The third kappa shape index (κ3) is 3.06. The second kappa shape index (κ2) is 5.46. The van der Waals surface area contributed by atoms with E-state index in [0.29, 0.717) is 12.8 Å². The second-order valence-corrected chi connectivity index (χ2v) is 5.55. The van der Waals surface area contributed by atoms with Gasteiger partial charge in [-0.1, -0.05) is 19.0 Å². The van der Waals surface area contributed by atoms with Crippen molar-refractivity contribution in [2.45, 2.75) is 32.2 Å². The molecular weight excluding hydrogens is 232 g/mol. The number of nitrogens with zero attached hydrogens (tertiary/aromatic N) is 2. The van der Waals surface area contributed by atoms with Gasteiger partial charge >= 0.3 is 0 Å². The van der Waals surface area contributed by atoms with Crippen molar-refractivity contribution in [3.8, 4) is 0 Å². The number of hydrogen-bond donors (Lipinski definition) is 3. The fourth-order valence-electron chi connectivity index (χ4n) is 1.24. The Morgan fingerprint density at radius 2 is 1.88 bits per heavy atom. The summed E-state index contributed by atoms with van der Waals surface area (Å²) < 4.78 is 26.9. The van der Waals surface area contributed by atoms with Crippen LogP contribution in [-0.2, 0) is 10.2 Å². The summed E-state index contributed by atoms with van der Waals surface area (Å²) in [5, 5.41) is 11.6. The molecule has 0 saturated carbocycles. The zero-order valence-electron chi connectivity index (χ0n) is 10.1. The van der Waals surface area contributed by atoms with E-state index in [1.54, 1.807) is 13.8 Å². The van der Waals surface area contributed by atoms with Gasteiger partial charge in [0, 0.05) is 14.1 Å². The van der Waals surface area contributed by atoms with Crippen molar-refractivity contribution < 1.29 is 13.6 Å². The summed E-state index contributed by atoms with van der Waals surface area (Å²) in [6.45, 7) is 3.53. The van der Waals surface area contributed by atoms with E-state index in [4.69, 9.17) is 10.9 Å². The van der Waals surface area contributed by atoms with Gasteiger partial charge < -0.3 is 10.9 Å². The lowest BCUT2D eigenvalue weighted by Crippen LogP contribution is -2.58. The molecule has 96 valence electrons. The van der Waals surface area contributed by atoms with Gasteiger partial charge in [-0.25, -0.2) is 0 Å². The van der Waals surface area contributed by atoms with E-state index < -0.39 is 15.7 Å². The van der Waals surface area contributed by atoms with Gasteiger partial charge in [0.1, 0.15) is 0 Å². The molecule has 0 aromatic rings. The van der Waals surface area contributed by atoms with Crippen LogP contribution in [0.2, 0.25) is 0 Å². The maximum Gasteiger partial charge on any atom is 0.279 e. The van der Waals surface area contributed by atoms with E-state index in [-0.39, 0.29) is 5.84 Å². The minimum atomic E-state index is -3.62. The Balaban J connectivity index is 5.27. The standard InChI is InChI=1S/C8H20N4O3S/c1-5-8(6-2,7(9)10-13)11-16(14,15)12(3)4/h11,13H,5-6H2,1-4H3,(H2,9,10). The monoisotopic (exact) mass is 252 g/mol. The molecule has 16 heavy (non-hydrogen) atoms. The van der Waals surface area contributed by atoms with E-state index in [9.17, 15) is 8.42 Å². The van der Waals surface area contributed by atoms with E-state index in [1.807, 2.05) is 0 Å². The van der Waals surface area contributed by atoms with Gasteiger partial charge in [0.05, 0.1) is 5.54 Å². The molecule has 0 aliphatic heterocycles. The molecule has 8 heteroatoms. The highest BCUT2D eigenvalue weighted by Crippen LogP contribution is 2.17. The predicted octanol–water partition coefficient (Wildman–Crippen LogP) is -0.312. The Morgan fingerprint density at radius 3 is 2.12 bits per heavy atom. The van der Waals surface area contributed by atoms with Crippen LogP contribution in [0.1, 0.15) is 26.7 Å². The van der Waals surface area contributed by atoms with Gasteiger partial charge in [-0.3, -0.25) is 0 Å². The topological polar surface area (TPSA) is 108 Å². The fraction of sp³-hybridized carbons (Fsp3) is 0.875. The summed E-state index contributed by atoms with van der Waals surface area (Å²) in [7, 11) is -0.809. The molecule has 0 aromatic heterocycles. The van der Waals surface area contributed by atoms with Crippen LogP contribution in [0.4, 0.5) is 0 Å². The largest absolute Gasteiger partial charge is 0.409 e. The number of hydrogen-bond acceptors (Lipinski definition) is 4. The molecule has 0 aliphatic rings. The summed E-state index contributed by atoms with van der Waals surface area (Å²) in [5.41, 5.74) is 4.49. The summed E-state index contributed by atoms with van der Waals surface area (Å²) >= 11 is 0. The SMILES string of the molecule is CCC(CC)(NS(=O)(=O)N(C)C)/C(N)=N/O. The summed E-state index contributed by atoms with van der Waals surface area (Å²) in [6.07, 6.45) is 0.791. The minimum Gasteiger partial charge on any atom is -0.409 e. The summed E-state index contributed by atoms with van der Waals surface area (Å²) in [6, 6.07) is 0. The molecule has 0 heterocycles. The maximum absolute atomic E-state index is 11.7. The first-order valence-corrected chi connectivity index (χ1v) is 6.39. The first kappa shape index (κ1) is 15.1. The quantitative estimate of drug-likeness (QED) is 0.261. The molecule has 0 amide bonds. The Morgan fingerprint density at radius 1 is 1.44 bits per heavy atom. The first-order chi connectivity index (χ1) is 7.25. The molecule has 0 aliphatic carbocycles. The minimum absolute atomic E-state index is 0.136. The average Bonchev–Trinajstić information content (AvgIpc) is 2.24. The third-order valence-electron chi connectivity index (χ3n) is 2.61. The normalized spacial score (nSPS) is 14.4. The van der Waals surface area contributed by atoms with E-state index in [1.165, 1.54) is 14.1 Å². The highest BCUT2D eigenvalue weighted by Gasteiger charge is 2.36. The van der Waals surface area contributed by atoms with Crippen LogP contribution in [0.15, 0.2) is 5.16 Å². The Hall–Kier alpha value is -0.860. The predicted molar refractivity (Wildman–Crippen MR) is 62.5 cm³/mol. The molecule has 0 unspecified atom stereocenters. The van der Waals surface area contributed by atoms with Gasteiger partial charge in [-0.15, -0.1) is 0 Å². The highest BCUT2D eigenvalue weighted by molar-refractivity contribution is 7.87.